The van der Waals surface area contributed by atoms with Crippen LogP contribution in [0.25, 0.3) is 0 Å². The maximum Gasteiger partial charge on any atom is 0.280 e. The van der Waals surface area contributed by atoms with E-state index in [1.165, 1.54) is 18.9 Å². The summed E-state index contributed by atoms with van der Waals surface area (Å²) in [6.45, 7) is 6.32. The van der Waals surface area contributed by atoms with E-state index < -0.39 is 28.2 Å². The molecule has 0 radical (unpaired) electrons. The van der Waals surface area contributed by atoms with Crippen LogP contribution in [0, 0.1) is 20.8 Å². The van der Waals surface area contributed by atoms with E-state index in [1.807, 2.05) is 49.7 Å². The van der Waals surface area contributed by atoms with Crippen LogP contribution in [0.2, 0.25) is 0 Å². The van der Waals surface area contributed by atoms with Crippen molar-refractivity contribution in [1.82, 2.24) is 18.8 Å². The van der Waals surface area contributed by atoms with Gasteiger partial charge in [-0.05, 0) is 44.9 Å². The number of hydrogen-bond donors (Lipinski definition) is 2. The predicted octanol–water partition coefficient (Wildman–Crippen LogP) is 2.67. The molecule has 1 aliphatic heterocycles. The molecule has 32 heavy (non-hydrogen) atoms. The predicted molar refractivity (Wildman–Crippen MR) is 120 cm³/mol. The first-order chi connectivity index (χ1) is 15.2. The number of aryl methyl sites for hydroxylation is 2. The maximum absolute atomic E-state index is 13.2. The molecule has 0 aliphatic carbocycles. The van der Waals surface area contributed by atoms with E-state index in [-0.39, 0.29) is 6.42 Å². The third-order valence-electron chi connectivity index (χ3n) is 5.84. The van der Waals surface area contributed by atoms with Gasteiger partial charge in [-0.25, -0.2) is 0 Å². The fraction of sp³-hybridized carbons (Fsp3) is 0.364. The van der Waals surface area contributed by atoms with Crippen LogP contribution in [0.5, 0.6) is 0 Å². The topological polar surface area (TPSA) is 109 Å². The number of carbonyl (C=O) groups is 1. The number of furan rings is 1. The highest BCUT2D eigenvalue weighted by molar-refractivity contribution is 7.87. The second-order valence-corrected chi connectivity index (χ2v) is 9.90. The number of rotatable bonds is 5. The first kappa shape index (κ1) is 22.3. The number of anilines is 1. The molecule has 10 heteroatoms. The molecular weight excluding hydrogens is 430 g/mol. The number of amides is 1. The zero-order valence-electron chi connectivity index (χ0n) is 18.5. The third kappa shape index (κ3) is 4.34. The van der Waals surface area contributed by atoms with Crippen LogP contribution in [0.3, 0.4) is 0 Å². The smallest absolute Gasteiger partial charge is 0.280 e. The molecule has 9 nitrogen and oxygen atoms in total. The molecular formula is C22H27N5O4S. The molecule has 3 heterocycles. The second-order valence-electron chi connectivity index (χ2n) is 8.14. The van der Waals surface area contributed by atoms with E-state index in [0.29, 0.717) is 23.7 Å². The highest BCUT2D eigenvalue weighted by Gasteiger charge is 2.41. The van der Waals surface area contributed by atoms with Gasteiger partial charge in [0.15, 0.2) is 0 Å². The molecule has 0 bridgehead atoms. The number of benzene rings is 1. The SMILES string of the molecule is Cc1ccc(Cn2nc(C)c(NC(=O)[C@H]3C[C@@H](c4ccco4)NS(=O)(=O)N3C)c2C)cc1. The van der Waals surface area contributed by atoms with Gasteiger partial charge in [-0.1, -0.05) is 29.8 Å². The van der Waals surface area contributed by atoms with E-state index in [0.717, 1.165) is 15.6 Å². The normalized spacial score (nSPS) is 20.9. The van der Waals surface area contributed by atoms with Gasteiger partial charge in [-0.15, -0.1) is 0 Å². The van der Waals surface area contributed by atoms with Crippen molar-refractivity contribution in [2.45, 2.75) is 45.8 Å². The number of nitrogens with zero attached hydrogens (tertiary/aromatic N) is 3. The Kier molecular flexibility index (Phi) is 5.93. The first-order valence-corrected chi connectivity index (χ1v) is 11.8. The van der Waals surface area contributed by atoms with Gasteiger partial charge in [-0.3, -0.25) is 9.48 Å². The molecule has 0 spiro atoms. The molecule has 4 rings (SSSR count). The van der Waals surface area contributed by atoms with Crippen molar-refractivity contribution in [1.29, 1.82) is 0 Å². The summed E-state index contributed by atoms with van der Waals surface area (Å²) in [4.78, 5) is 13.2. The van der Waals surface area contributed by atoms with Crippen LogP contribution in [0.1, 0.15) is 40.7 Å². The van der Waals surface area contributed by atoms with Crippen LogP contribution >= 0.6 is 0 Å². The lowest BCUT2D eigenvalue weighted by Gasteiger charge is -2.35. The Morgan fingerprint density at radius 1 is 1.22 bits per heavy atom. The van der Waals surface area contributed by atoms with Crippen LogP contribution in [-0.2, 0) is 21.5 Å². The monoisotopic (exact) mass is 457 g/mol. The van der Waals surface area contributed by atoms with E-state index in [1.54, 1.807) is 12.1 Å². The number of hydrogen-bond acceptors (Lipinski definition) is 5. The molecule has 1 aliphatic rings. The lowest BCUT2D eigenvalue weighted by molar-refractivity contribution is -0.120. The Morgan fingerprint density at radius 2 is 1.94 bits per heavy atom. The third-order valence-corrected chi connectivity index (χ3v) is 7.44. The quantitative estimate of drug-likeness (QED) is 0.612. The molecule has 2 atom stereocenters. The van der Waals surface area contributed by atoms with Gasteiger partial charge in [0.25, 0.3) is 10.2 Å². The minimum absolute atomic E-state index is 0.241. The van der Waals surface area contributed by atoms with Gasteiger partial charge in [0.05, 0.1) is 35.9 Å². The van der Waals surface area contributed by atoms with Crippen molar-refractivity contribution >= 4 is 21.8 Å². The minimum atomic E-state index is -3.84. The number of nitrogens with one attached hydrogen (secondary N) is 2. The summed E-state index contributed by atoms with van der Waals surface area (Å²) in [5, 5.41) is 7.48. The summed E-state index contributed by atoms with van der Waals surface area (Å²) in [7, 11) is -2.45. The fourth-order valence-electron chi connectivity index (χ4n) is 3.89. The van der Waals surface area contributed by atoms with Gasteiger partial charge in [-0.2, -0.15) is 22.5 Å². The number of likely N-dealkylation sites (N-methyl/N-ethyl adjacent to an activating group) is 1. The van der Waals surface area contributed by atoms with Crippen LogP contribution in [0.4, 0.5) is 5.69 Å². The van der Waals surface area contributed by atoms with Crippen LogP contribution in [0.15, 0.2) is 47.1 Å². The van der Waals surface area contributed by atoms with Crippen molar-refractivity contribution in [3.05, 3.63) is 70.9 Å². The average Bonchev–Trinajstić information content (AvgIpc) is 3.36. The van der Waals surface area contributed by atoms with Gasteiger partial charge in [0.1, 0.15) is 11.8 Å². The molecule has 2 N–H and O–H groups in total. The molecule has 0 unspecified atom stereocenters. The number of carbonyl (C=O) groups excluding carboxylic acids is 1. The maximum atomic E-state index is 13.2. The zero-order valence-corrected chi connectivity index (χ0v) is 19.3. The second kappa shape index (κ2) is 8.53. The van der Waals surface area contributed by atoms with Crippen molar-refractivity contribution in [3.63, 3.8) is 0 Å². The highest BCUT2D eigenvalue weighted by atomic mass is 32.2. The van der Waals surface area contributed by atoms with E-state index in [9.17, 15) is 13.2 Å². The number of aromatic nitrogens is 2. The molecule has 0 saturated carbocycles. The molecule has 1 amide bonds. The van der Waals surface area contributed by atoms with Crippen molar-refractivity contribution in [2.24, 2.45) is 0 Å². The zero-order chi connectivity index (χ0) is 23.0. The van der Waals surface area contributed by atoms with Crippen molar-refractivity contribution in [3.8, 4) is 0 Å². The first-order valence-electron chi connectivity index (χ1n) is 10.3. The Morgan fingerprint density at radius 3 is 2.59 bits per heavy atom. The van der Waals surface area contributed by atoms with E-state index >= 15 is 0 Å². The summed E-state index contributed by atoms with van der Waals surface area (Å²) in [5.41, 5.74) is 4.36. The molecule has 170 valence electrons. The van der Waals surface area contributed by atoms with Gasteiger partial charge < -0.3 is 9.73 Å². The fourth-order valence-corrected chi connectivity index (χ4v) is 5.15. The van der Waals surface area contributed by atoms with Crippen LogP contribution < -0.4 is 10.0 Å². The Bertz CT molecular complexity index is 1220. The lowest BCUT2D eigenvalue weighted by Crippen LogP contribution is -2.55. The summed E-state index contributed by atoms with van der Waals surface area (Å²) < 4.78 is 36.0. The largest absolute Gasteiger partial charge is 0.468 e. The molecule has 1 aromatic carbocycles. The van der Waals surface area contributed by atoms with Crippen molar-refractivity contribution in [2.75, 3.05) is 12.4 Å². The van der Waals surface area contributed by atoms with E-state index in [4.69, 9.17) is 4.42 Å². The molecule has 1 saturated heterocycles. The molecule has 3 aromatic rings. The average molecular weight is 458 g/mol. The lowest BCUT2D eigenvalue weighted by atomic mass is 10.0. The Hall–Kier alpha value is -2.95. The van der Waals surface area contributed by atoms with Gasteiger partial charge in [0, 0.05) is 7.05 Å². The Labute approximate surface area is 187 Å². The standard InChI is InChI=1S/C22H27N5O4S/c1-14-7-9-17(10-8-14)13-27-16(3)21(15(2)24-27)23-22(28)19-12-18(20-6-5-11-31-20)25-32(29,30)26(19)4/h5-11,18-19,25H,12-13H2,1-4H3,(H,23,28)/t18-,19+/m0/s1. The summed E-state index contributed by atoms with van der Waals surface area (Å²) in [6, 6.07) is 10.1. The van der Waals surface area contributed by atoms with Crippen LogP contribution in [-0.4, -0.2) is 41.5 Å². The summed E-state index contributed by atoms with van der Waals surface area (Å²) in [6.07, 6.45) is 1.72. The molecule has 1 fully saturated rings. The van der Waals surface area contributed by atoms with E-state index in [2.05, 4.69) is 15.1 Å². The van der Waals surface area contributed by atoms with Gasteiger partial charge in [0.2, 0.25) is 5.91 Å². The molecule has 2 aromatic heterocycles. The van der Waals surface area contributed by atoms with Crippen molar-refractivity contribution < 1.29 is 17.6 Å². The minimum Gasteiger partial charge on any atom is -0.468 e. The Balaban J connectivity index is 1.55. The highest BCUT2D eigenvalue weighted by Crippen LogP contribution is 2.29. The van der Waals surface area contributed by atoms with Gasteiger partial charge >= 0.3 is 0 Å². The summed E-state index contributed by atoms with van der Waals surface area (Å²) in [5.74, 6) is 0.0629. The summed E-state index contributed by atoms with van der Waals surface area (Å²) >= 11 is 0.